The first kappa shape index (κ1) is 11.2. The van der Waals surface area contributed by atoms with Crippen LogP contribution in [0, 0.1) is 0 Å². The van der Waals surface area contributed by atoms with E-state index in [1.165, 1.54) is 6.07 Å². The zero-order valence-corrected chi connectivity index (χ0v) is 9.27. The van der Waals surface area contributed by atoms with Gasteiger partial charge in [0.25, 0.3) is 0 Å². The van der Waals surface area contributed by atoms with Gasteiger partial charge in [-0.05, 0) is 32.1 Å². The van der Waals surface area contributed by atoms with Gasteiger partial charge in [-0.15, -0.1) is 0 Å². The lowest BCUT2D eigenvalue weighted by molar-refractivity contribution is 0.0658. The van der Waals surface area contributed by atoms with Crippen molar-refractivity contribution in [3.63, 3.8) is 0 Å². The third kappa shape index (κ3) is 2.43. The minimum absolute atomic E-state index is 0.00736. The predicted octanol–water partition coefficient (Wildman–Crippen LogP) is 0.772. The van der Waals surface area contributed by atoms with Crippen molar-refractivity contribution in [3.8, 4) is 0 Å². The van der Waals surface area contributed by atoms with Gasteiger partial charge in [0.05, 0.1) is 6.54 Å². The van der Waals surface area contributed by atoms with E-state index in [9.17, 15) is 4.79 Å². The average Bonchev–Trinajstić information content (AvgIpc) is 2.87. The molecule has 0 saturated carbocycles. The van der Waals surface area contributed by atoms with Crippen LogP contribution in [-0.4, -0.2) is 42.2 Å². The number of likely N-dealkylation sites (N-methyl/N-ethyl adjacent to an activating group) is 1. The van der Waals surface area contributed by atoms with E-state index in [0.717, 1.165) is 19.5 Å². The third-order valence-electron chi connectivity index (χ3n) is 2.94. The Bertz CT molecular complexity index is 369. The Labute approximate surface area is 94.0 Å². The molecular weight excluding hydrogens is 208 g/mol. The van der Waals surface area contributed by atoms with Crippen LogP contribution < -0.4 is 5.32 Å². The molecule has 0 aliphatic carbocycles. The molecule has 5 heteroatoms. The topological polar surface area (TPSA) is 65.7 Å². The van der Waals surface area contributed by atoms with Crippen LogP contribution in [0.1, 0.15) is 22.7 Å². The van der Waals surface area contributed by atoms with Gasteiger partial charge in [-0.25, -0.2) is 4.79 Å². The fraction of sp³-hybridized carbons (Fsp3) is 0.545. The number of nitrogens with zero attached hydrogens (tertiary/aromatic N) is 1. The number of hydrogen-bond donors (Lipinski definition) is 2. The van der Waals surface area contributed by atoms with Crippen molar-refractivity contribution in [2.75, 3.05) is 20.1 Å². The number of furan rings is 1. The molecule has 1 aromatic rings. The highest BCUT2D eigenvalue weighted by molar-refractivity contribution is 5.84. The van der Waals surface area contributed by atoms with E-state index in [-0.39, 0.29) is 5.76 Å². The number of rotatable bonds is 4. The predicted molar refractivity (Wildman–Crippen MR) is 58.4 cm³/mol. The summed E-state index contributed by atoms with van der Waals surface area (Å²) >= 11 is 0. The van der Waals surface area contributed by atoms with Gasteiger partial charge < -0.3 is 14.8 Å². The average molecular weight is 224 g/mol. The Hall–Kier alpha value is -1.33. The monoisotopic (exact) mass is 224 g/mol. The van der Waals surface area contributed by atoms with Gasteiger partial charge in [0.15, 0.2) is 0 Å². The minimum atomic E-state index is -1.02. The number of carbonyl (C=O) groups is 1. The normalized spacial score (nSPS) is 20.5. The van der Waals surface area contributed by atoms with Crippen molar-refractivity contribution in [1.82, 2.24) is 10.2 Å². The summed E-state index contributed by atoms with van der Waals surface area (Å²) in [6.07, 6.45) is 1.13. The first-order valence-corrected chi connectivity index (χ1v) is 5.40. The standard InChI is InChI=1S/C11H16N2O3/c1-13(8-4-5-12-6-8)7-9-2-3-10(16-9)11(14)15/h2-3,8,12H,4-7H2,1H3,(H,14,15). The molecule has 1 fully saturated rings. The highest BCUT2D eigenvalue weighted by atomic mass is 16.4. The van der Waals surface area contributed by atoms with Gasteiger partial charge in [0.1, 0.15) is 5.76 Å². The van der Waals surface area contributed by atoms with Crippen molar-refractivity contribution in [2.24, 2.45) is 0 Å². The Morgan fingerprint density at radius 1 is 1.69 bits per heavy atom. The van der Waals surface area contributed by atoms with Gasteiger partial charge in [-0.2, -0.15) is 0 Å². The van der Waals surface area contributed by atoms with Crippen LogP contribution in [0.3, 0.4) is 0 Å². The fourth-order valence-corrected chi connectivity index (χ4v) is 1.97. The molecule has 1 aliphatic heterocycles. The zero-order chi connectivity index (χ0) is 11.5. The SMILES string of the molecule is CN(Cc1ccc(C(=O)O)o1)C1CCNC1. The summed E-state index contributed by atoms with van der Waals surface area (Å²) in [6.45, 7) is 2.69. The zero-order valence-electron chi connectivity index (χ0n) is 9.27. The van der Waals surface area contributed by atoms with Crippen molar-refractivity contribution < 1.29 is 14.3 Å². The summed E-state index contributed by atoms with van der Waals surface area (Å²) in [7, 11) is 2.03. The second-order valence-electron chi connectivity index (χ2n) is 4.13. The number of aromatic carboxylic acids is 1. The second kappa shape index (κ2) is 4.67. The lowest BCUT2D eigenvalue weighted by atomic mass is 10.2. The van der Waals surface area contributed by atoms with Crippen LogP contribution >= 0.6 is 0 Å². The molecule has 88 valence electrons. The molecule has 2 rings (SSSR count). The van der Waals surface area contributed by atoms with Crippen LogP contribution in [0.2, 0.25) is 0 Å². The molecule has 2 N–H and O–H groups in total. The highest BCUT2D eigenvalue weighted by Crippen LogP contribution is 2.13. The Balaban J connectivity index is 1.94. The molecule has 0 bridgehead atoms. The third-order valence-corrected chi connectivity index (χ3v) is 2.94. The molecule has 1 atom stereocenters. The van der Waals surface area contributed by atoms with Crippen molar-refractivity contribution >= 4 is 5.97 Å². The molecule has 5 nitrogen and oxygen atoms in total. The van der Waals surface area contributed by atoms with Crippen molar-refractivity contribution in [2.45, 2.75) is 19.0 Å². The highest BCUT2D eigenvalue weighted by Gasteiger charge is 2.20. The van der Waals surface area contributed by atoms with E-state index in [1.54, 1.807) is 6.07 Å². The smallest absolute Gasteiger partial charge is 0.371 e. The quantitative estimate of drug-likeness (QED) is 0.791. The summed E-state index contributed by atoms with van der Waals surface area (Å²) in [5, 5.41) is 12.0. The van der Waals surface area contributed by atoms with E-state index in [0.29, 0.717) is 18.3 Å². The molecule has 1 unspecified atom stereocenters. The van der Waals surface area contributed by atoms with E-state index >= 15 is 0 Å². The molecule has 1 aromatic heterocycles. The number of carboxylic acids is 1. The second-order valence-corrected chi connectivity index (χ2v) is 4.13. The van der Waals surface area contributed by atoms with Crippen LogP contribution in [-0.2, 0) is 6.54 Å². The number of nitrogens with one attached hydrogen (secondary N) is 1. The fourth-order valence-electron chi connectivity index (χ4n) is 1.97. The first-order chi connectivity index (χ1) is 7.66. The maximum atomic E-state index is 10.6. The molecule has 0 radical (unpaired) electrons. The van der Waals surface area contributed by atoms with E-state index in [1.807, 2.05) is 7.05 Å². The van der Waals surface area contributed by atoms with Gasteiger partial charge in [-0.1, -0.05) is 0 Å². The Morgan fingerprint density at radius 2 is 2.50 bits per heavy atom. The summed E-state index contributed by atoms with van der Waals surface area (Å²) in [5.41, 5.74) is 0. The maximum absolute atomic E-state index is 10.6. The molecule has 0 aromatic carbocycles. The molecule has 2 heterocycles. The largest absolute Gasteiger partial charge is 0.475 e. The van der Waals surface area contributed by atoms with Crippen LogP contribution in [0.5, 0.6) is 0 Å². The van der Waals surface area contributed by atoms with Gasteiger partial charge in [-0.3, -0.25) is 4.90 Å². The lowest BCUT2D eigenvalue weighted by Crippen LogP contribution is -2.32. The summed E-state index contributed by atoms with van der Waals surface area (Å²) < 4.78 is 5.21. The molecule has 0 spiro atoms. The Kier molecular flexibility index (Phi) is 3.26. The van der Waals surface area contributed by atoms with Crippen molar-refractivity contribution in [1.29, 1.82) is 0 Å². The summed E-state index contributed by atoms with van der Waals surface area (Å²) in [6, 6.07) is 3.74. The van der Waals surface area contributed by atoms with Crippen LogP contribution in [0.25, 0.3) is 0 Å². The Morgan fingerprint density at radius 3 is 3.06 bits per heavy atom. The lowest BCUT2D eigenvalue weighted by Gasteiger charge is -2.21. The molecule has 16 heavy (non-hydrogen) atoms. The molecule has 0 amide bonds. The molecular formula is C11H16N2O3. The van der Waals surface area contributed by atoms with Gasteiger partial charge in [0.2, 0.25) is 5.76 Å². The number of hydrogen-bond acceptors (Lipinski definition) is 4. The number of carboxylic acid groups (broad SMARTS) is 1. The maximum Gasteiger partial charge on any atom is 0.371 e. The van der Waals surface area contributed by atoms with Crippen LogP contribution in [0.15, 0.2) is 16.5 Å². The van der Waals surface area contributed by atoms with Gasteiger partial charge >= 0.3 is 5.97 Å². The van der Waals surface area contributed by atoms with E-state index in [4.69, 9.17) is 9.52 Å². The summed E-state index contributed by atoms with van der Waals surface area (Å²) in [4.78, 5) is 12.8. The van der Waals surface area contributed by atoms with E-state index < -0.39 is 5.97 Å². The minimum Gasteiger partial charge on any atom is -0.475 e. The van der Waals surface area contributed by atoms with E-state index in [2.05, 4.69) is 10.2 Å². The first-order valence-electron chi connectivity index (χ1n) is 5.40. The molecule has 1 saturated heterocycles. The molecule has 1 aliphatic rings. The summed E-state index contributed by atoms with van der Waals surface area (Å²) in [5.74, 6) is -0.309. The van der Waals surface area contributed by atoms with Gasteiger partial charge in [0, 0.05) is 12.6 Å². The van der Waals surface area contributed by atoms with Crippen LogP contribution in [0.4, 0.5) is 0 Å². The van der Waals surface area contributed by atoms with Crippen molar-refractivity contribution in [3.05, 3.63) is 23.7 Å².